The van der Waals surface area contributed by atoms with Gasteiger partial charge in [0.05, 0.1) is 11.2 Å². The average molecular weight is 294 g/mol. The van der Waals surface area contributed by atoms with Crippen LogP contribution < -0.4 is 5.73 Å². The third kappa shape index (κ3) is 2.43. The van der Waals surface area contributed by atoms with E-state index < -0.39 is 23.4 Å². The molecule has 0 aliphatic carbocycles. The number of nitrogens with two attached hydrogens (primary N) is 1. The molecule has 0 aliphatic rings. The molecule has 3 nitrogen and oxygen atoms in total. The minimum atomic E-state index is -4.71. The van der Waals surface area contributed by atoms with E-state index in [1.54, 1.807) is 0 Å². The Morgan fingerprint density at radius 2 is 2.00 bits per heavy atom. The quantitative estimate of drug-likeness (QED) is 0.865. The van der Waals surface area contributed by atoms with Crippen LogP contribution in [0.5, 0.6) is 0 Å². The van der Waals surface area contributed by atoms with Crippen molar-refractivity contribution in [3.63, 3.8) is 0 Å². The molecule has 0 bridgehead atoms. The van der Waals surface area contributed by atoms with Gasteiger partial charge in [-0.3, -0.25) is 0 Å². The molecule has 1 aromatic heterocycles. The molecule has 0 amide bonds. The largest absolute Gasteiger partial charge is 0.433 e. The number of hydrogen-bond acceptors (Lipinski definition) is 2. The summed E-state index contributed by atoms with van der Waals surface area (Å²) in [7, 11) is 0. The maximum absolute atomic E-state index is 13.7. The number of alkyl halides is 3. The molecule has 0 atom stereocenters. The first kappa shape index (κ1) is 13.8. The molecule has 0 unspecified atom stereocenters. The standard InChI is InChI=1S/C11H8ClF4N3/c12-7-2-1-3-8(13)9(7)19-10(11(14,15)16)6(4-17)5-18-19/h1-3,5H,4,17H2. The van der Waals surface area contributed by atoms with E-state index in [0.29, 0.717) is 4.68 Å². The number of hydrogen-bond donors (Lipinski definition) is 1. The monoisotopic (exact) mass is 293 g/mol. The number of aromatic nitrogens is 2. The Labute approximate surface area is 110 Å². The van der Waals surface area contributed by atoms with Crippen LogP contribution in [-0.4, -0.2) is 9.78 Å². The summed E-state index contributed by atoms with van der Waals surface area (Å²) in [5.74, 6) is -0.898. The molecule has 2 aromatic rings. The van der Waals surface area contributed by atoms with E-state index in [9.17, 15) is 17.6 Å². The second-order valence-electron chi connectivity index (χ2n) is 3.70. The summed E-state index contributed by atoms with van der Waals surface area (Å²) in [5.41, 5.74) is 3.43. The molecule has 19 heavy (non-hydrogen) atoms. The molecule has 8 heteroatoms. The van der Waals surface area contributed by atoms with Crippen molar-refractivity contribution in [1.82, 2.24) is 9.78 Å². The maximum atomic E-state index is 13.7. The predicted molar refractivity (Wildman–Crippen MR) is 61.4 cm³/mol. The van der Waals surface area contributed by atoms with Crippen molar-refractivity contribution >= 4 is 11.6 Å². The first-order valence-corrected chi connectivity index (χ1v) is 5.52. The Kier molecular flexibility index (Phi) is 3.51. The summed E-state index contributed by atoms with van der Waals surface area (Å²) in [6.07, 6.45) is -3.76. The lowest BCUT2D eigenvalue weighted by Crippen LogP contribution is -2.17. The van der Waals surface area contributed by atoms with Crippen LogP contribution in [0, 0.1) is 5.82 Å². The van der Waals surface area contributed by atoms with Crippen molar-refractivity contribution in [2.45, 2.75) is 12.7 Å². The highest BCUT2D eigenvalue weighted by molar-refractivity contribution is 6.32. The zero-order valence-corrected chi connectivity index (χ0v) is 10.1. The fourth-order valence-corrected chi connectivity index (χ4v) is 1.94. The topological polar surface area (TPSA) is 43.8 Å². The van der Waals surface area contributed by atoms with Crippen LogP contribution in [0.25, 0.3) is 5.69 Å². The Bertz CT molecular complexity index is 586. The molecule has 1 heterocycles. The van der Waals surface area contributed by atoms with Gasteiger partial charge in [-0.25, -0.2) is 9.07 Å². The molecule has 102 valence electrons. The molecule has 0 saturated carbocycles. The van der Waals surface area contributed by atoms with Crippen molar-refractivity contribution in [1.29, 1.82) is 0 Å². The Balaban J connectivity index is 2.74. The van der Waals surface area contributed by atoms with Gasteiger partial charge in [-0.1, -0.05) is 17.7 Å². The van der Waals surface area contributed by atoms with Gasteiger partial charge in [-0.15, -0.1) is 0 Å². The zero-order chi connectivity index (χ0) is 14.2. The molecule has 0 radical (unpaired) electrons. The molecular weight excluding hydrogens is 286 g/mol. The minimum absolute atomic E-state index is 0.169. The molecule has 0 aliphatic heterocycles. The maximum Gasteiger partial charge on any atom is 0.433 e. The van der Waals surface area contributed by atoms with Gasteiger partial charge < -0.3 is 5.73 Å². The van der Waals surface area contributed by atoms with E-state index in [1.165, 1.54) is 12.1 Å². The smallest absolute Gasteiger partial charge is 0.326 e. The number of benzene rings is 1. The highest BCUT2D eigenvalue weighted by Gasteiger charge is 2.39. The number of para-hydroxylation sites is 1. The van der Waals surface area contributed by atoms with Gasteiger partial charge in [0.25, 0.3) is 0 Å². The van der Waals surface area contributed by atoms with Crippen molar-refractivity contribution < 1.29 is 17.6 Å². The number of nitrogens with zero attached hydrogens (tertiary/aromatic N) is 2. The van der Waals surface area contributed by atoms with E-state index in [-0.39, 0.29) is 17.1 Å². The normalized spacial score (nSPS) is 11.9. The summed E-state index contributed by atoms with van der Waals surface area (Å²) >= 11 is 5.74. The molecule has 2 rings (SSSR count). The van der Waals surface area contributed by atoms with Crippen LogP contribution in [-0.2, 0) is 12.7 Å². The summed E-state index contributed by atoms with van der Waals surface area (Å²) in [5, 5.41) is 3.37. The predicted octanol–water partition coefficient (Wildman–Crippen LogP) is 3.14. The fourth-order valence-electron chi connectivity index (χ4n) is 1.69. The number of rotatable bonds is 2. The first-order valence-electron chi connectivity index (χ1n) is 5.14. The lowest BCUT2D eigenvalue weighted by molar-refractivity contribution is -0.143. The molecule has 0 fully saturated rings. The van der Waals surface area contributed by atoms with E-state index in [2.05, 4.69) is 5.10 Å². The third-order valence-electron chi connectivity index (χ3n) is 2.48. The van der Waals surface area contributed by atoms with Crippen LogP contribution >= 0.6 is 11.6 Å². The van der Waals surface area contributed by atoms with E-state index in [0.717, 1.165) is 12.3 Å². The Morgan fingerprint density at radius 3 is 2.53 bits per heavy atom. The zero-order valence-electron chi connectivity index (χ0n) is 9.38. The minimum Gasteiger partial charge on any atom is -0.326 e. The third-order valence-corrected chi connectivity index (χ3v) is 2.79. The van der Waals surface area contributed by atoms with Gasteiger partial charge in [0.1, 0.15) is 11.5 Å². The van der Waals surface area contributed by atoms with Gasteiger partial charge >= 0.3 is 6.18 Å². The van der Waals surface area contributed by atoms with Gasteiger partial charge in [-0.2, -0.15) is 18.3 Å². The second-order valence-corrected chi connectivity index (χ2v) is 4.11. The molecular formula is C11H8ClF4N3. The van der Waals surface area contributed by atoms with Crippen molar-refractivity contribution in [3.8, 4) is 5.69 Å². The molecule has 0 spiro atoms. The van der Waals surface area contributed by atoms with E-state index >= 15 is 0 Å². The number of halogens is 5. The highest BCUT2D eigenvalue weighted by atomic mass is 35.5. The van der Waals surface area contributed by atoms with Crippen molar-refractivity contribution in [2.24, 2.45) is 5.73 Å². The Morgan fingerprint density at radius 1 is 1.32 bits per heavy atom. The van der Waals surface area contributed by atoms with Gasteiger partial charge in [-0.05, 0) is 12.1 Å². The molecule has 0 saturated heterocycles. The van der Waals surface area contributed by atoms with Gasteiger partial charge in [0, 0.05) is 12.1 Å². The fraction of sp³-hybridized carbons (Fsp3) is 0.182. The summed E-state index contributed by atoms with van der Waals surface area (Å²) in [6.45, 7) is -0.360. The van der Waals surface area contributed by atoms with Crippen LogP contribution in [0.3, 0.4) is 0 Å². The van der Waals surface area contributed by atoms with Gasteiger partial charge in [0.15, 0.2) is 5.69 Å². The highest BCUT2D eigenvalue weighted by Crippen LogP contribution is 2.35. The average Bonchev–Trinajstić information content (AvgIpc) is 2.72. The second kappa shape index (κ2) is 4.82. The van der Waals surface area contributed by atoms with E-state index in [4.69, 9.17) is 17.3 Å². The van der Waals surface area contributed by atoms with Crippen LogP contribution in [0.15, 0.2) is 24.4 Å². The first-order chi connectivity index (χ1) is 8.86. The van der Waals surface area contributed by atoms with Crippen molar-refractivity contribution in [3.05, 3.63) is 46.5 Å². The van der Waals surface area contributed by atoms with Gasteiger partial charge in [0.2, 0.25) is 0 Å². The van der Waals surface area contributed by atoms with Crippen LogP contribution in [0.2, 0.25) is 5.02 Å². The Hall–Kier alpha value is -1.60. The summed E-state index contributed by atoms with van der Waals surface area (Å²) < 4.78 is 53.1. The lowest BCUT2D eigenvalue weighted by atomic mass is 10.2. The van der Waals surface area contributed by atoms with E-state index in [1.807, 2.05) is 0 Å². The molecule has 1 aromatic carbocycles. The molecule has 2 N–H and O–H groups in total. The lowest BCUT2D eigenvalue weighted by Gasteiger charge is -2.13. The van der Waals surface area contributed by atoms with Crippen LogP contribution in [0.1, 0.15) is 11.3 Å². The SMILES string of the molecule is NCc1cnn(-c2c(F)cccc2Cl)c1C(F)(F)F. The summed E-state index contributed by atoms with van der Waals surface area (Å²) in [6, 6.07) is 3.58. The summed E-state index contributed by atoms with van der Waals surface area (Å²) in [4.78, 5) is 0. The van der Waals surface area contributed by atoms with Crippen LogP contribution in [0.4, 0.5) is 17.6 Å². The van der Waals surface area contributed by atoms with Crippen molar-refractivity contribution in [2.75, 3.05) is 0 Å².